The molecule has 1 aliphatic heterocycles. The van der Waals surface area contributed by atoms with Gasteiger partial charge in [-0.1, -0.05) is 36.4 Å². The number of hydrogen-bond donors (Lipinski definition) is 2. The van der Waals surface area contributed by atoms with Crippen LogP contribution in [0, 0.1) is 0 Å². The third-order valence-corrected chi connectivity index (χ3v) is 4.73. The summed E-state index contributed by atoms with van der Waals surface area (Å²) in [5.74, 6) is 1.14. The number of carbonyl (C=O) groups is 1. The van der Waals surface area contributed by atoms with Crippen molar-refractivity contribution in [3.8, 4) is 5.75 Å². The second kappa shape index (κ2) is 11.6. The second-order valence-electron chi connectivity index (χ2n) is 6.82. The van der Waals surface area contributed by atoms with E-state index >= 15 is 0 Å². The maximum atomic E-state index is 10.8. The molecule has 29 heavy (non-hydrogen) atoms. The lowest BCUT2D eigenvalue weighted by molar-refractivity contribution is -0.119. The van der Waals surface area contributed by atoms with Gasteiger partial charge < -0.3 is 20.7 Å². The molecule has 1 aliphatic rings. The molecular weight excluding hydrogens is 479 g/mol. The van der Waals surface area contributed by atoms with Crippen LogP contribution in [0.15, 0.2) is 53.5 Å². The van der Waals surface area contributed by atoms with Crippen LogP contribution in [0.3, 0.4) is 0 Å². The molecule has 0 atom stereocenters. The number of hydrogen-bond acceptors (Lipinski definition) is 3. The fourth-order valence-electron chi connectivity index (χ4n) is 3.30. The molecule has 6 nitrogen and oxygen atoms in total. The number of rotatable bonds is 7. The van der Waals surface area contributed by atoms with E-state index in [4.69, 9.17) is 15.5 Å². The fraction of sp³-hybridized carbons (Fsp3) is 0.364. The monoisotopic (exact) mass is 508 g/mol. The van der Waals surface area contributed by atoms with Crippen LogP contribution in [0.2, 0.25) is 0 Å². The SMILES string of the molecule is CCNC(=NCCc1ccc(OCC(N)=O)cc1)N1CCc2ccccc2C1.I. The second-order valence-corrected chi connectivity index (χ2v) is 6.82. The molecule has 0 unspecified atom stereocenters. The molecule has 0 saturated heterocycles. The first-order chi connectivity index (χ1) is 13.7. The fourth-order valence-corrected chi connectivity index (χ4v) is 3.30. The molecule has 3 N–H and O–H groups in total. The van der Waals surface area contributed by atoms with E-state index in [0.717, 1.165) is 38.4 Å². The van der Waals surface area contributed by atoms with Crippen LogP contribution < -0.4 is 15.8 Å². The van der Waals surface area contributed by atoms with Crippen molar-refractivity contribution < 1.29 is 9.53 Å². The topological polar surface area (TPSA) is 80.0 Å². The maximum Gasteiger partial charge on any atom is 0.255 e. The highest BCUT2D eigenvalue weighted by Gasteiger charge is 2.18. The molecule has 3 rings (SSSR count). The molecule has 0 saturated carbocycles. The largest absolute Gasteiger partial charge is 0.484 e. The minimum absolute atomic E-state index is 0. The number of nitrogens with two attached hydrogens (primary N) is 1. The van der Waals surface area contributed by atoms with Crippen molar-refractivity contribution in [3.63, 3.8) is 0 Å². The third kappa shape index (κ3) is 6.92. The first-order valence-corrected chi connectivity index (χ1v) is 9.76. The van der Waals surface area contributed by atoms with E-state index in [1.165, 1.54) is 16.7 Å². The van der Waals surface area contributed by atoms with Crippen molar-refractivity contribution in [1.82, 2.24) is 10.2 Å². The number of fused-ring (bicyclic) bond motifs is 1. The Morgan fingerprint density at radius 2 is 1.90 bits per heavy atom. The number of guanidine groups is 1. The van der Waals surface area contributed by atoms with Crippen molar-refractivity contribution >= 4 is 35.8 Å². The molecule has 0 fully saturated rings. The average Bonchev–Trinajstić information content (AvgIpc) is 2.72. The molecule has 1 amide bonds. The van der Waals surface area contributed by atoms with E-state index in [-0.39, 0.29) is 30.6 Å². The summed E-state index contributed by atoms with van der Waals surface area (Å²) in [6.07, 6.45) is 1.89. The van der Waals surface area contributed by atoms with Gasteiger partial charge in [-0.2, -0.15) is 0 Å². The number of ether oxygens (including phenoxy) is 1. The molecular formula is C22H29IN4O2. The summed E-state index contributed by atoms with van der Waals surface area (Å²) in [6.45, 7) is 5.43. The Hall–Kier alpha value is -2.29. The number of nitrogens with one attached hydrogen (secondary N) is 1. The van der Waals surface area contributed by atoms with Crippen molar-refractivity contribution in [2.24, 2.45) is 10.7 Å². The highest BCUT2D eigenvalue weighted by Crippen LogP contribution is 2.18. The number of amides is 1. The third-order valence-electron chi connectivity index (χ3n) is 4.73. The number of primary amides is 1. The van der Waals surface area contributed by atoms with E-state index in [1.54, 1.807) is 0 Å². The van der Waals surface area contributed by atoms with Gasteiger partial charge in [0.1, 0.15) is 5.75 Å². The summed E-state index contributed by atoms with van der Waals surface area (Å²) in [6, 6.07) is 16.3. The first kappa shape index (κ1) is 23.0. The molecule has 1 heterocycles. The first-order valence-electron chi connectivity index (χ1n) is 9.76. The molecule has 0 bridgehead atoms. The van der Waals surface area contributed by atoms with Gasteiger partial charge in [0.2, 0.25) is 0 Å². The zero-order chi connectivity index (χ0) is 19.8. The molecule has 156 valence electrons. The van der Waals surface area contributed by atoms with Crippen LogP contribution in [0.5, 0.6) is 5.75 Å². The van der Waals surface area contributed by atoms with E-state index in [9.17, 15) is 4.79 Å². The Bertz CT molecular complexity index is 824. The zero-order valence-corrected chi connectivity index (χ0v) is 19.1. The lowest BCUT2D eigenvalue weighted by Gasteiger charge is -2.31. The normalized spacial score (nSPS) is 13.3. The van der Waals surface area contributed by atoms with Crippen molar-refractivity contribution in [1.29, 1.82) is 0 Å². The van der Waals surface area contributed by atoms with Crippen molar-refractivity contribution in [2.75, 3.05) is 26.2 Å². The maximum absolute atomic E-state index is 10.8. The Morgan fingerprint density at radius 1 is 1.17 bits per heavy atom. The summed E-state index contributed by atoms with van der Waals surface area (Å²) in [4.78, 5) is 17.9. The molecule has 2 aromatic carbocycles. The number of aliphatic imine (C=N–C) groups is 1. The minimum Gasteiger partial charge on any atom is -0.484 e. The summed E-state index contributed by atoms with van der Waals surface area (Å²) in [7, 11) is 0. The minimum atomic E-state index is -0.477. The van der Waals surface area contributed by atoms with Gasteiger partial charge in [-0.15, -0.1) is 24.0 Å². The Labute approximate surface area is 189 Å². The quantitative estimate of drug-likeness (QED) is 0.343. The number of halogens is 1. The molecule has 0 aromatic heterocycles. The van der Waals surface area contributed by atoms with Gasteiger partial charge in [-0.3, -0.25) is 9.79 Å². The van der Waals surface area contributed by atoms with Crippen molar-refractivity contribution in [3.05, 3.63) is 65.2 Å². The van der Waals surface area contributed by atoms with Gasteiger partial charge in [0.15, 0.2) is 12.6 Å². The highest BCUT2D eigenvalue weighted by atomic mass is 127. The van der Waals surface area contributed by atoms with E-state index in [1.807, 2.05) is 24.3 Å². The van der Waals surface area contributed by atoms with Gasteiger partial charge in [-0.25, -0.2) is 0 Å². The van der Waals surface area contributed by atoms with Crippen LogP contribution in [-0.4, -0.2) is 43.0 Å². The lowest BCUT2D eigenvalue weighted by Crippen LogP contribution is -2.44. The van der Waals surface area contributed by atoms with Gasteiger partial charge in [-0.05, 0) is 48.6 Å². The number of nitrogens with zero attached hydrogens (tertiary/aromatic N) is 2. The highest BCUT2D eigenvalue weighted by molar-refractivity contribution is 14.0. The smallest absolute Gasteiger partial charge is 0.255 e. The van der Waals surface area contributed by atoms with E-state index in [2.05, 4.69) is 41.4 Å². The average molecular weight is 508 g/mol. The number of benzene rings is 2. The number of carbonyl (C=O) groups excluding carboxylic acids is 1. The molecule has 2 aromatic rings. The molecule has 0 spiro atoms. The molecule has 0 aliphatic carbocycles. The van der Waals surface area contributed by atoms with Crippen LogP contribution in [0.4, 0.5) is 0 Å². The Kier molecular flexibility index (Phi) is 9.24. The standard InChI is InChI=1S/C22H28N4O2.HI/c1-2-24-22(26-14-12-18-5-3-4-6-19(18)15-26)25-13-11-17-7-9-20(10-8-17)28-16-21(23)27;/h3-10H,2,11-16H2,1H3,(H2,23,27)(H,24,25);1H. The summed E-state index contributed by atoms with van der Waals surface area (Å²) < 4.78 is 5.29. The Morgan fingerprint density at radius 3 is 2.59 bits per heavy atom. The predicted molar refractivity (Wildman–Crippen MR) is 127 cm³/mol. The van der Waals surface area contributed by atoms with Gasteiger partial charge in [0.25, 0.3) is 5.91 Å². The Balaban J connectivity index is 0.00000300. The molecule has 7 heteroatoms. The van der Waals surface area contributed by atoms with Crippen LogP contribution >= 0.6 is 24.0 Å². The summed E-state index contributed by atoms with van der Waals surface area (Å²) in [5, 5.41) is 3.42. The predicted octanol–water partition coefficient (Wildman–Crippen LogP) is 2.74. The lowest BCUT2D eigenvalue weighted by atomic mass is 10.0. The van der Waals surface area contributed by atoms with Gasteiger partial charge >= 0.3 is 0 Å². The van der Waals surface area contributed by atoms with Gasteiger partial charge in [0.05, 0.1) is 0 Å². The van der Waals surface area contributed by atoms with E-state index in [0.29, 0.717) is 12.3 Å². The molecule has 0 radical (unpaired) electrons. The summed E-state index contributed by atoms with van der Waals surface area (Å²) >= 11 is 0. The zero-order valence-electron chi connectivity index (χ0n) is 16.8. The van der Waals surface area contributed by atoms with Crippen LogP contribution in [0.1, 0.15) is 23.6 Å². The van der Waals surface area contributed by atoms with Crippen LogP contribution in [0.25, 0.3) is 0 Å². The van der Waals surface area contributed by atoms with Crippen LogP contribution in [-0.2, 0) is 24.2 Å². The van der Waals surface area contributed by atoms with Gasteiger partial charge in [0, 0.05) is 26.2 Å². The van der Waals surface area contributed by atoms with E-state index < -0.39 is 5.91 Å². The van der Waals surface area contributed by atoms with Crippen molar-refractivity contribution in [2.45, 2.75) is 26.3 Å². The summed E-state index contributed by atoms with van der Waals surface area (Å²) in [5.41, 5.74) is 9.08.